The van der Waals surface area contributed by atoms with Gasteiger partial charge in [0.25, 0.3) is 0 Å². The average Bonchev–Trinajstić information content (AvgIpc) is 2.47. The number of hydrogen-bond acceptors (Lipinski definition) is 5. The number of carbonyl (C=O) groups excluding carboxylic acids is 2. The van der Waals surface area contributed by atoms with Crippen LogP contribution in [0.3, 0.4) is 0 Å². The van der Waals surface area contributed by atoms with E-state index in [1.807, 2.05) is 6.07 Å². The third-order valence-electron chi connectivity index (χ3n) is 2.64. The van der Waals surface area contributed by atoms with E-state index in [0.717, 1.165) is 10.8 Å². The van der Waals surface area contributed by atoms with Crippen LogP contribution in [0.4, 0.5) is 15.3 Å². The van der Waals surface area contributed by atoms with Gasteiger partial charge in [0.2, 0.25) is 0 Å². The first kappa shape index (κ1) is 13.7. The molecule has 0 saturated carbocycles. The molecule has 0 aliphatic rings. The smallest absolute Gasteiger partial charge is 0.453 e. The zero-order valence-corrected chi connectivity index (χ0v) is 11.0. The zero-order chi connectivity index (χ0) is 14.5. The van der Waals surface area contributed by atoms with Crippen molar-refractivity contribution < 1.29 is 23.8 Å². The normalized spacial score (nSPS) is 9.90. The number of anilines is 1. The highest BCUT2D eigenvalue weighted by molar-refractivity contribution is 6.00. The zero-order valence-electron chi connectivity index (χ0n) is 11.0. The van der Waals surface area contributed by atoms with Crippen molar-refractivity contribution in [3.8, 4) is 5.75 Å². The van der Waals surface area contributed by atoms with Gasteiger partial charge in [0.15, 0.2) is 0 Å². The van der Waals surface area contributed by atoms with Crippen molar-refractivity contribution in [2.45, 2.75) is 0 Å². The number of fused-ring (bicyclic) bond motifs is 1. The van der Waals surface area contributed by atoms with Gasteiger partial charge >= 0.3 is 12.2 Å². The van der Waals surface area contributed by atoms with Crippen molar-refractivity contribution in [3.05, 3.63) is 36.4 Å². The summed E-state index contributed by atoms with van der Waals surface area (Å²) in [5.41, 5.74) is 0.560. The molecule has 2 rings (SSSR count). The number of hydrogen-bond donors (Lipinski definition) is 1. The largest absolute Gasteiger partial charge is 0.513 e. The van der Waals surface area contributed by atoms with Gasteiger partial charge in [0.1, 0.15) is 5.75 Å². The van der Waals surface area contributed by atoms with Crippen molar-refractivity contribution >= 4 is 28.7 Å². The van der Waals surface area contributed by atoms with Crippen molar-refractivity contribution in [1.82, 2.24) is 0 Å². The van der Waals surface area contributed by atoms with Crippen LogP contribution in [0, 0.1) is 0 Å². The van der Waals surface area contributed by atoms with Gasteiger partial charge in [-0.1, -0.05) is 18.2 Å². The lowest BCUT2D eigenvalue weighted by atomic mass is 10.1. The molecule has 0 aliphatic carbocycles. The van der Waals surface area contributed by atoms with Crippen LogP contribution in [0.2, 0.25) is 0 Å². The molecular formula is C14H13NO5. The Morgan fingerprint density at radius 2 is 1.85 bits per heavy atom. The van der Waals surface area contributed by atoms with Crippen LogP contribution in [0.1, 0.15) is 0 Å². The summed E-state index contributed by atoms with van der Waals surface area (Å²) in [4.78, 5) is 22.4. The molecule has 6 nitrogen and oxygen atoms in total. The summed E-state index contributed by atoms with van der Waals surface area (Å²) >= 11 is 0. The minimum Gasteiger partial charge on any atom is -0.453 e. The highest BCUT2D eigenvalue weighted by Crippen LogP contribution is 2.27. The van der Waals surface area contributed by atoms with Crippen LogP contribution in [-0.2, 0) is 9.47 Å². The van der Waals surface area contributed by atoms with Gasteiger partial charge in [-0.15, -0.1) is 0 Å². The van der Waals surface area contributed by atoms with Gasteiger partial charge in [-0.2, -0.15) is 0 Å². The van der Waals surface area contributed by atoms with E-state index in [1.165, 1.54) is 14.2 Å². The van der Waals surface area contributed by atoms with Crippen LogP contribution in [0.15, 0.2) is 36.4 Å². The average molecular weight is 275 g/mol. The maximum atomic E-state index is 11.3. The lowest BCUT2D eigenvalue weighted by molar-refractivity contribution is 0.121. The molecule has 20 heavy (non-hydrogen) atoms. The van der Waals surface area contributed by atoms with E-state index in [9.17, 15) is 9.59 Å². The first-order valence-electron chi connectivity index (χ1n) is 5.77. The highest BCUT2D eigenvalue weighted by atomic mass is 16.7. The SMILES string of the molecule is COC(=O)Nc1cccc2ccc(OC(=O)OC)cc12. The Morgan fingerprint density at radius 1 is 1.05 bits per heavy atom. The second kappa shape index (κ2) is 5.92. The van der Waals surface area contributed by atoms with E-state index in [-0.39, 0.29) is 0 Å². The van der Waals surface area contributed by atoms with Crippen molar-refractivity contribution in [3.63, 3.8) is 0 Å². The Labute approximate surface area is 115 Å². The molecule has 0 aliphatic heterocycles. The molecular weight excluding hydrogens is 262 g/mol. The molecule has 0 radical (unpaired) electrons. The summed E-state index contributed by atoms with van der Waals surface area (Å²) in [6.07, 6.45) is -1.38. The topological polar surface area (TPSA) is 73.9 Å². The number of methoxy groups -OCH3 is 2. The third kappa shape index (κ3) is 2.97. The Bertz CT molecular complexity index is 653. The first-order valence-corrected chi connectivity index (χ1v) is 5.77. The van der Waals surface area contributed by atoms with Gasteiger partial charge in [0.05, 0.1) is 19.9 Å². The lowest BCUT2D eigenvalue weighted by Gasteiger charge is -2.09. The molecule has 104 valence electrons. The maximum Gasteiger partial charge on any atom is 0.513 e. The Kier molecular flexibility index (Phi) is 4.05. The van der Waals surface area contributed by atoms with E-state index in [0.29, 0.717) is 11.4 Å². The summed E-state index contributed by atoms with van der Waals surface area (Å²) < 4.78 is 13.9. The van der Waals surface area contributed by atoms with Crippen LogP contribution in [-0.4, -0.2) is 26.5 Å². The van der Waals surface area contributed by atoms with Gasteiger partial charge in [0, 0.05) is 5.39 Å². The highest BCUT2D eigenvalue weighted by Gasteiger charge is 2.08. The van der Waals surface area contributed by atoms with Crippen LogP contribution >= 0.6 is 0 Å². The second-order valence-corrected chi connectivity index (χ2v) is 3.86. The van der Waals surface area contributed by atoms with Crippen molar-refractivity contribution in [2.75, 3.05) is 19.5 Å². The summed E-state index contributed by atoms with van der Waals surface area (Å²) in [5, 5.41) is 4.20. The van der Waals surface area contributed by atoms with E-state index in [2.05, 4.69) is 14.8 Å². The first-order chi connectivity index (χ1) is 9.63. The molecule has 0 unspecified atom stereocenters. The summed E-state index contributed by atoms with van der Waals surface area (Å²) in [5.74, 6) is 0.323. The lowest BCUT2D eigenvalue weighted by Crippen LogP contribution is -2.11. The molecule has 0 saturated heterocycles. The predicted octanol–water partition coefficient (Wildman–Crippen LogP) is 3.16. The van der Waals surface area contributed by atoms with Crippen molar-refractivity contribution in [2.24, 2.45) is 0 Å². The molecule has 0 fully saturated rings. The minimum atomic E-state index is -0.803. The predicted molar refractivity (Wildman–Crippen MR) is 73.0 cm³/mol. The Morgan fingerprint density at radius 3 is 2.55 bits per heavy atom. The fraction of sp³-hybridized carbons (Fsp3) is 0.143. The molecule has 1 amide bonds. The summed E-state index contributed by atoms with van der Waals surface area (Å²) in [6.45, 7) is 0. The minimum absolute atomic E-state index is 0.323. The number of ether oxygens (including phenoxy) is 3. The molecule has 0 heterocycles. The number of amides is 1. The van der Waals surface area contributed by atoms with Crippen molar-refractivity contribution in [1.29, 1.82) is 0 Å². The van der Waals surface area contributed by atoms with E-state index >= 15 is 0 Å². The van der Waals surface area contributed by atoms with E-state index in [4.69, 9.17) is 4.74 Å². The third-order valence-corrected chi connectivity index (χ3v) is 2.64. The van der Waals surface area contributed by atoms with Gasteiger partial charge < -0.3 is 14.2 Å². The van der Waals surface area contributed by atoms with E-state index in [1.54, 1.807) is 30.3 Å². The maximum absolute atomic E-state index is 11.3. The molecule has 2 aromatic rings. The van der Waals surface area contributed by atoms with E-state index < -0.39 is 12.2 Å². The molecule has 0 spiro atoms. The Hall–Kier alpha value is -2.76. The number of benzene rings is 2. The van der Waals surface area contributed by atoms with Crippen LogP contribution < -0.4 is 10.1 Å². The fourth-order valence-corrected chi connectivity index (χ4v) is 1.72. The number of carbonyl (C=O) groups is 2. The monoisotopic (exact) mass is 275 g/mol. The van der Waals surface area contributed by atoms with Gasteiger partial charge in [-0.25, -0.2) is 9.59 Å². The van der Waals surface area contributed by atoms with Crippen LogP contribution in [0.25, 0.3) is 10.8 Å². The molecule has 6 heteroatoms. The molecule has 0 aromatic heterocycles. The second-order valence-electron chi connectivity index (χ2n) is 3.86. The Balaban J connectivity index is 2.40. The number of rotatable bonds is 2. The van der Waals surface area contributed by atoms with Gasteiger partial charge in [-0.3, -0.25) is 5.32 Å². The molecule has 1 N–H and O–H groups in total. The summed E-state index contributed by atoms with van der Waals surface area (Å²) in [7, 11) is 2.51. The quantitative estimate of drug-likeness (QED) is 0.673. The van der Waals surface area contributed by atoms with Gasteiger partial charge in [-0.05, 0) is 23.6 Å². The van der Waals surface area contributed by atoms with Crippen LogP contribution in [0.5, 0.6) is 5.75 Å². The molecule has 2 aromatic carbocycles. The fourth-order valence-electron chi connectivity index (χ4n) is 1.72. The molecule has 0 bridgehead atoms. The standard InChI is InChI=1S/C14H13NO5/c1-18-13(16)15-12-5-3-4-9-6-7-10(8-11(9)12)20-14(17)19-2/h3-8H,1-2H3,(H,15,16). The summed E-state index contributed by atoms with van der Waals surface area (Å²) in [6, 6.07) is 10.4. The number of nitrogens with one attached hydrogen (secondary N) is 1. The molecule has 0 atom stereocenters.